The van der Waals surface area contributed by atoms with Crippen LogP contribution in [0.15, 0.2) is 66.7 Å². The molecule has 156 valence electrons. The Morgan fingerprint density at radius 3 is 2.19 bits per heavy atom. The molecule has 2 aromatic carbocycles. The van der Waals surface area contributed by atoms with Crippen molar-refractivity contribution in [1.82, 2.24) is 4.90 Å². The molecule has 31 heavy (non-hydrogen) atoms. The second-order valence-electron chi connectivity index (χ2n) is 9.34. The van der Waals surface area contributed by atoms with E-state index in [2.05, 4.69) is 12.2 Å². The maximum Gasteiger partial charge on any atom is 0.259 e. The Morgan fingerprint density at radius 1 is 0.935 bits per heavy atom. The summed E-state index contributed by atoms with van der Waals surface area (Å²) in [6.45, 7) is 1.92. The molecule has 5 nitrogen and oxygen atoms in total. The average molecular weight is 412 g/mol. The van der Waals surface area contributed by atoms with E-state index in [1.165, 1.54) is 4.90 Å². The fourth-order valence-corrected chi connectivity index (χ4v) is 6.10. The molecule has 1 heterocycles. The number of hydrogen-bond donors (Lipinski definition) is 0. The molecule has 6 atom stereocenters. The average Bonchev–Trinajstić information content (AvgIpc) is 3.57. The normalized spacial score (nSPS) is 32.1. The van der Waals surface area contributed by atoms with Crippen molar-refractivity contribution in [3.8, 4) is 0 Å². The van der Waals surface area contributed by atoms with Crippen LogP contribution in [0.5, 0.6) is 0 Å². The van der Waals surface area contributed by atoms with Gasteiger partial charge in [0, 0.05) is 11.3 Å². The molecule has 1 aliphatic heterocycles. The summed E-state index contributed by atoms with van der Waals surface area (Å²) in [4.78, 5) is 43.2. The third-order valence-corrected chi connectivity index (χ3v) is 7.62. The van der Waals surface area contributed by atoms with E-state index in [-0.39, 0.29) is 48.1 Å². The van der Waals surface area contributed by atoms with Crippen LogP contribution in [0.3, 0.4) is 0 Å². The zero-order valence-electron chi connectivity index (χ0n) is 17.3. The predicted molar refractivity (Wildman–Crippen MR) is 116 cm³/mol. The zero-order chi connectivity index (χ0) is 21.3. The van der Waals surface area contributed by atoms with Crippen LogP contribution >= 0.6 is 0 Å². The van der Waals surface area contributed by atoms with Crippen LogP contribution in [-0.4, -0.2) is 29.3 Å². The summed E-state index contributed by atoms with van der Waals surface area (Å²) in [6, 6.07) is 16.6. The molecule has 2 bridgehead atoms. The Balaban J connectivity index is 1.35. The number of imide groups is 1. The number of nitrogens with zero attached hydrogens (tertiary/aromatic N) is 2. The van der Waals surface area contributed by atoms with Gasteiger partial charge in [0.25, 0.3) is 5.91 Å². The molecule has 3 amide bonds. The van der Waals surface area contributed by atoms with Crippen molar-refractivity contribution in [2.45, 2.75) is 13.3 Å². The van der Waals surface area contributed by atoms with Crippen molar-refractivity contribution < 1.29 is 14.4 Å². The van der Waals surface area contributed by atoms with Crippen molar-refractivity contribution in [2.24, 2.45) is 35.5 Å². The number of hydrogen-bond acceptors (Lipinski definition) is 3. The van der Waals surface area contributed by atoms with Gasteiger partial charge in [-0.05, 0) is 66.8 Å². The van der Waals surface area contributed by atoms with Gasteiger partial charge in [-0.2, -0.15) is 0 Å². The summed E-state index contributed by atoms with van der Waals surface area (Å²) < 4.78 is 0. The molecule has 4 aliphatic carbocycles. The van der Waals surface area contributed by atoms with E-state index in [1.807, 2.05) is 49.4 Å². The lowest BCUT2D eigenvalue weighted by molar-refractivity contribution is -0.140. The van der Waals surface area contributed by atoms with Gasteiger partial charge in [0.2, 0.25) is 11.8 Å². The summed E-state index contributed by atoms with van der Waals surface area (Å²) in [6.07, 6.45) is 5.47. The van der Waals surface area contributed by atoms with Gasteiger partial charge in [0.15, 0.2) is 0 Å². The lowest BCUT2D eigenvalue weighted by Crippen LogP contribution is -2.45. The number of benzene rings is 2. The van der Waals surface area contributed by atoms with Gasteiger partial charge in [-0.3, -0.25) is 24.2 Å². The van der Waals surface area contributed by atoms with Crippen molar-refractivity contribution in [3.05, 3.63) is 77.9 Å². The minimum Gasteiger partial charge on any atom is -0.290 e. The van der Waals surface area contributed by atoms with Gasteiger partial charge < -0.3 is 0 Å². The van der Waals surface area contributed by atoms with Crippen LogP contribution in [0, 0.1) is 42.4 Å². The standard InChI is InChI=1S/C26H24N2O3/c1-15-6-5-9-17(12-15)27(24(29)16-7-3-2-4-8-16)14-28-25(30)22-18-10-11-19(21-13-20(18)21)23(22)26(28)31/h2-12,18-23H,13-14H2,1H3/t18-,19-,20-,21-,22-,23+/m1/s1. The first-order chi connectivity index (χ1) is 15.0. The summed E-state index contributed by atoms with van der Waals surface area (Å²) in [5.74, 6) is 0.535. The zero-order valence-corrected chi connectivity index (χ0v) is 17.3. The second-order valence-corrected chi connectivity index (χ2v) is 9.34. The number of carbonyl (C=O) groups excluding carboxylic acids is 3. The van der Waals surface area contributed by atoms with E-state index in [1.54, 1.807) is 17.0 Å². The fraction of sp³-hybridized carbons (Fsp3) is 0.346. The molecule has 2 saturated carbocycles. The Kier molecular flexibility index (Phi) is 3.98. The predicted octanol–water partition coefficient (Wildman–Crippen LogP) is 3.65. The van der Waals surface area contributed by atoms with Crippen LogP contribution in [0.2, 0.25) is 0 Å². The highest BCUT2D eigenvalue weighted by Gasteiger charge is 2.67. The summed E-state index contributed by atoms with van der Waals surface area (Å²) >= 11 is 0. The maximum absolute atomic E-state index is 13.4. The van der Waals surface area contributed by atoms with Crippen LogP contribution in [0.4, 0.5) is 5.69 Å². The van der Waals surface area contributed by atoms with Gasteiger partial charge in [-0.1, -0.05) is 42.5 Å². The summed E-state index contributed by atoms with van der Waals surface area (Å²) in [7, 11) is 0. The van der Waals surface area contributed by atoms with Crippen molar-refractivity contribution in [2.75, 3.05) is 11.6 Å². The SMILES string of the molecule is Cc1cccc(N(CN2C(=O)[C@@H]3[C@@H]4C=C[C@H]([C@H]5C[C@H]45)[C@@H]3C2=O)C(=O)c2ccccc2)c1. The van der Waals surface area contributed by atoms with Crippen molar-refractivity contribution >= 4 is 23.4 Å². The molecule has 0 radical (unpaired) electrons. The highest BCUT2D eigenvalue weighted by molar-refractivity contribution is 6.09. The Labute approximate surface area is 181 Å². The van der Waals surface area contributed by atoms with Crippen molar-refractivity contribution in [3.63, 3.8) is 0 Å². The molecule has 0 aromatic heterocycles. The van der Waals surface area contributed by atoms with E-state index < -0.39 is 0 Å². The van der Waals surface area contributed by atoms with E-state index in [0.29, 0.717) is 23.1 Å². The summed E-state index contributed by atoms with van der Waals surface area (Å²) in [5, 5.41) is 0. The Morgan fingerprint density at radius 2 is 1.58 bits per heavy atom. The molecule has 0 unspecified atom stereocenters. The third kappa shape index (κ3) is 2.72. The minimum absolute atomic E-state index is 0.0450. The van der Waals surface area contributed by atoms with Crippen LogP contribution < -0.4 is 4.90 Å². The van der Waals surface area contributed by atoms with Gasteiger partial charge in [0.1, 0.15) is 6.67 Å². The van der Waals surface area contributed by atoms with Crippen LogP contribution in [0.1, 0.15) is 22.3 Å². The van der Waals surface area contributed by atoms with Gasteiger partial charge >= 0.3 is 0 Å². The van der Waals surface area contributed by atoms with E-state index in [9.17, 15) is 14.4 Å². The van der Waals surface area contributed by atoms with Crippen LogP contribution in [0.25, 0.3) is 0 Å². The molecule has 5 aliphatic rings. The maximum atomic E-state index is 13.4. The number of amides is 3. The smallest absolute Gasteiger partial charge is 0.259 e. The number of anilines is 1. The lowest BCUT2D eigenvalue weighted by atomic mass is 9.63. The first-order valence-corrected chi connectivity index (χ1v) is 11.0. The molecule has 1 saturated heterocycles. The number of aryl methyl sites for hydroxylation is 1. The molecule has 3 fully saturated rings. The fourth-order valence-electron chi connectivity index (χ4n) is 6.10. The Bertz CT molecular complexity index is 1090. The number of rotatable bonds is 4. The summed E-state index contributed by atoms with van der Waals surface area (Å²) in [5.41, 5.74) is 2.23. The number of allylic oxidation sites excluding steroid dienone is 2. The quantitative estimate of drug-likeness (QED) is 0.569. The molecular weight excluding hydrogens is 388 g/mol. The van der Waals surface area contributed by atoms with Gasteiger partial charge in [-0.25, -0.2) is 0 Å². The highest BCUT2D eigenvalue weighted by atomic mass is 16.2. The Hall–Kier alpha value is -3.21. The van der Waals surface area contributed by atoms with Gasteiger partial charge in [-0.15, -0.1) is 0 Å². The molecule has 0 spiro atoms. The third-order valence-electron chi connectivity index (χ3n) is 7.62. The first kappa shape index (κ1) is 18.6. The topological polar surface area (TPSA) is 57.7 Å². The van der Waals surface area contributed by atoms with E-state index >= 15 is 0 Å². The van der Waals surface area contributed by atoms with Crippen molar-refractivity contribution in [1.29, 1.82) is 0 Å². The monoisotopic (exact) mass is 412 g/mol. The largest absolute Gasteiger partial charge is 0.290 e. The number of carbonyl (C=O) groups is 3. The minimum atomic E-state index is -0.252. The molecule has 2 aromatic rings. The van der Waals surface area contributed by atoms with Crippen LogP contribution in [-0.2, 0) is 9.59 Å². The first-order valence-electron chi connectivity index (χ1n) is 11.0. The molecular formula is C26H24N2O3. The lowest BCUT2D eigenvalue weighted by Gasteiger charge is -2.37. The second kappa shape index (κ2) is 6.64. The van der Waals surface area contributed by atoms with E-state index in [0.717, 1.165) is 12.0 Å². The number of likely N-dealkylation sites (tertiary alicyclic amines) is 1. The molecule has 0 N–H and O–H groups in total. The van der Waals surface area contributed by atoms with E-state index in [4.69, 9.17) is 0 Å². The van der Waals surface area contributed by atoms with Gasteiger partial charge in [0.05, 0.1) is 11.8 Å². The highest BCUT2D eigenvalue weighted by Crippen LogP contribution is 2.65. The molecule has 5 heteroatoms. The molecule has 7 rings (SSSR count).